The van der Waals surface area contributed by atoms with Crippen LogP contribution in [0.15, 0.2) is 30.3 Å². The van der Waals surface area contributed by atoms with Crippen LogP contribution in [0, 0.1) is 5.41 Å². The molecule has 0 spiro atoms. The Hall–Kier alpha value is -0.860. The average molecular weight is 272 g/mol. The van der Waals surface area contributed by atoms with Crippen LogP contribution >= 0.6 is 0 Å². The largest absolute Gasteiger partial charge is 0.312 e. The summed E-state index contributed by atoms with van der Waals surface area (Å²) in [5.74, 6) is 0.773. The maximum absolute atomic E-state index is 3.75. The van der Waals surface area contributed by atoms with Gasteiger partial charge in [-0.15, -0.1) is 0 Å². The summed E-state index contributed by atoms with van der Waals surface area (Å²) in [5, 5.41) is 3.75. The second kappa shape index (κ2) is 5.50. The molecule has 2 heteroatoms. The van der Waals surface area contributed by atoms with Gasteiger partial charge in [0, 0.05) is 24.5 Å². The molecule has 2 fully saturated rings. The summed E-state index contributed by atoms with van der Waals surface area (Å²) < 4.78 is 0. The Bertz CT molecular complexity index is 434. The summed E-state index contributed by atoms with van der Waals surface area (Å²) in [4.78, 5) is 2.74. The lowest BCUT2D eigenvalue weighted by molar-refractivity contribution is 0.189. The van der Waals surface area contributed by atoms with Gasteiger partial charge in [0.2, 0.25) is 0 Å². The van der Waals surface area contributed by atoms with E-state index in [0.29, 0.717) is 11.5 Å². The van der Waals surface area contributed by atoms with Crippen LogP contribution in [0.3, 0.4) is 0 Å². The van der Waals surface area contributed by atoms with Gasteiger partial charge in [-0.05, 0) is 36.9 Å². The molecule has 110 valence electrons. The van der Waals surface area contributed by atoms with E-state index in [1.165, 1.54) is 38.0 Å². The van der Waals surface area contributed by atoms with E-state index in [9.17, 15) is 0 Å². The van der Waals surface area contributed by atoms with Gasteiger partial charge in [0.15, 0.2) is 0 Å². The average Bonchev–Trinajstić information content (AvgIpc) is 3.22. The fraction of sp³-hybridized carbons (Fsp3) is 0.667. The van der Waals surface area contributed by atoms with Crippen molar-refractivity contribution in [3.8, 4) is 0 Å². The van der Waals surface area contributed by atoms with E-state index >= 15 is 0 Å². The van der Waals surface area contributed by atoms with E-state index in [1.54, 1.807) is 0 Å². The van der Waals surface area contributed by atoms with Crippen molar-refractivity contribution >= 4 is 0 Å². The number of benzene rings is 1. The first-order valence-corrected chi connectivity index (χ1v) is 8.08. The lowest BCUT2D eigenvalue weighted by Gasteiger charge is -2.34. The Labute approximate surface area is 123 Å². The Balaban J connectivity index is 1.66. The van der Waals surface area contributed by atoms with E-state index in [1.807, 2.05) is 0 Å². The highest BCUT2D eigenvalue weighted by atomic mass is 15.2. The van der Waals surface area contributed by atoms with Gasteiger partial charge in [-0.25, -0.2) is 0 Å². The van der Waals surface area contributed by atoms with Gasteiger partial charge in [0.25, 0.3) is 0 Å². The molecule has 1 aliphatic heterocycles. The van der Waals surface area contributed by atoms with Crippen molar-refractivity contribution < 1.29 is 0 Å². The second-order valence-electron chi connectivity index (χ2n) is 7.54. The summed E-state index contributed by atoms with van der Waals surface area (Å²) in [6.07, 6.45) is 2.63. The van der Waals surface area contributed by atoms with Crippen molar-refractivity contribution in [3.63, 3.8) is 0 Å². The standard InChI is InChI=1S/C18H28N2/c1-18(2,3)17-13-20(11-7-10-19-17)16-12-15(16)14-8-5-4-6-9-14/h4-6,8-9,15-17,19H,7,10-13H2,1-3H3. The van der Waals surface area contributed by atoms with Gasteiger partial charge in [-0.1, -0.05) is 51.1 Å². The third-order valence-corrected chi connectivity index (χ3v) is 4.93. The minimum Gasteiger partial charge on any atom is -0.312 e. The molecule has 1 heterocycles. The van der Waals surface area contributed by atoms with Crippen LogP contribution in [-0.2, 0) is 0 Å². The van der Waals surface area contributed by atoms with Crippen LogP contribution in [0.2, 0.25) is 0 Å². The SMILES string of the molecule is CC(C)(C)C1CN(C2CC2c2ccccc2)CCCN1. The molecular formula is C18H28N2. The van der Waals surface area contributed by atoms with E-state index in [0.717, 1.165) is 12.0 Å². The number of hydrogen-bond acceptors (Lipinski definition) is 2. The maximum atomic E-state index is 3.75. The molecule has 0 aromatic heterocycles. The van der Waals surface area contributed by atoms with Crippen LogP contribution < -0.4 is 5.32 Å². The molecule has 0 amide bonds. The summed E-state index contributed by atoms with van der Waals surface area (Å²) in [7, 11) is 0. The molecule has 3 atom stereocenters. The van der Waals surface area contributed by atoms with E-state index in [2.05, 4.69) is 61.3 Å². The number of rotatable bonds is 2. The predicted octanol–water partition coefficient (Wildman–Crippen LogP) is 3.25. The van der Waals surface area contributed by atoms with E-state index < -0.39 is 0 Å². The summed E-state index contributed by atoms with van der Waals surface area (Å²) in [5.41, 5.74) is 1.88. The lowest BCUT2D eigenvalue weighted by atomic mass is 9.86. The molecule has 1 N–H and O–H groups in total. The second-order valence-corrected chi connectivity index (χ2v) is 7.54. The third kappa shape index (κ3) is 3.07. The van der Waals surface area contributed by atoms with Gasteiger partial charge in [0.1, 0.15) is 0 Å². The van der Waals surface area contributed by atoms with Crippen molar-refractivity contribution in [2.75, 3.05) is 19.6 Å². The van der Waals surface area contributed by atoms with Gasteiger partial charge >= 0.3 is 0 Å². The Morgan fingerprint density at radius 1 is 1.15 bits per heavy atom. The van der Waals surface area contributed by atoms with Crippen LogP contribution in [0.5, 0.6) is 0 Å². The number of nitrogens with zero attached hydrogens (tertiary/aromatic N) is 1. The molecule has 2 aliphatic rings. The number of nitrogens with one attached hydrogen (secondary N) is 1. The minimum atomic E-state index is 0.347. The highest BCUT2D eigenvalue weighted by molar-refractivity contribution is 5.28. The van der Waals surface area contributed by atoms with E-state index in [-0.39, 0.29) is 0 Å². The lowest BCUT2D eigenvalue weighted by Crippen LogP contribution is -2.46. The number of hydrogen-bond donors (Lipinski definition) is 1. The molecule has 3 unspecified atom stereocenters. The molecular weight excluding hydrogens is 244 g/mol. The normalized spacial score (nSPS) is 31.9. The van der Waals surface area contributed by atoms with Gasteiger partial charge in [-0.3, -0.25) is 4.90 Å². The van der Waals surface area contributed by atoms with Gasteiger partial charge in [-0.2, -0.15) is 0 Å². The Morgan fingerprint density at radius 2 is 1.90 bits per heavy atom. The zero-order chi connectivity index (χ0) is 14.2. The fourth-order valence-electron chi connectivity index (χ4n) is 3.47. The third-order valence-electron chi connectivity index (χ3n) is 4.93. The summed E-state index contributed by atoms with van der Waals surface area (Å²) >= 11 is 0. The summed E-state index contributed by atoms with van der Waals surface area (Å²) in [6, 6.07) is 12.4. The zero-order valence-electron chi connectivity index (χ0n) is 13.1. The molecule has 3 rings (SSSR count). The molecule has 1 saturated carbocycles. The minimum absolute atomic E-state index is 0.347. The van der Waals surface area contributed by atoms with Crippen molar-refractivity contribution in [1.29, 1.82) is 0 Å². The van der Waals surface area contributed by atoms with Crippen LogP contribution in [0.1, 0.15) is 45.1 Å². The topological polar surface area (TPSA) is 15.3 Å². The van der Waals surface area contributed by atoms with Gasteiger partial charge in [0.05, 0.1) is 0 Å². The van der Waals surface area contributed by atoms with E-state index in [4.69, 9.17) is 0 Å². The Kier molecular flexibility index (Phi) is 3.87. The molecule has 1 aliphatic carbocycles. The van der Waals surface area contributed by atoms with Crippen molar-refractivity contribution in [2.24, 2.45) is 5.41 Å². The molecule has 1 aromatic carbocycles. The maximum Gasteiger partial charge on any atom is 0.0243 e. The highest BCUT2D eigenvalue weighted by Crippen LogP contribution is 2.45. The molecule has 1 saturated heterocycles. The summed E-state index contributed by atoms with van der Waals surface area (Å²) in [6.45, 7) is 10.7. The van der Waals surface area contributed by atoms with Crippen LogP contribution in [0.25, 0.3) is 0 Å². The molecule has 0 bridgehead atoms. The predicted molar refractivity (Wildman–Crippen MR) is 85.0 cm³/mol. The van der Waals surface area contributed by atoms with Gasteiger partial charge < -0.3 is 5.32 Å². The first-order chi connectivity index (χ1) is 9.55. The first-order valence-electron chi connectivity index (χ1n) is 8.08. The van der Waals surface area contributed by atoms with Crippen molar-refractivity contribution in [3.05, 3.63) is 35.9 Å². The van der Waals surface area contributed by atoms with Crippen LogP contribution in [-0.4, -0.2) is 36.6 Å². The quantitative estimate of drug-likeness (QED) is 0.889. The fourth-order valence-corrected chi connectivity index (χ4v) is 3.47. The molecule has 20 heavy (non-hydrogen) atoms. The zero-order valence-corrected chi connectivity index (χ0v) is 13.1. The van der Waals surface area contributed by atoms with Crippen molar-refractivity contribution in [2.45, 2.75) is 51.6 Å². The highest BCUT2D eigenvalue weighted by Gasteiger charge is 2.44. The smallest absolute Gasteiger partial charge is 0.0243 e. The molecule has 0 radical (unpaired) electrons. The molecule has 1 aromatic rings. The first kappa shape index (κ1) is 14.1. The molecule has 2 nitrogen and oxygen atoms in total. The Morgan fingerprint density at radius 3 is 2.60 bits per heavy atom. The van der Waals surface area contributed by atoms with Crippen LogP contribution in [0.4, 0.5) is 0 Å². The van der Waals surface area contributed by atoms with Crippen molar-refractivity contribution in [1.82, 2.24) is 10.2 Å². The monoisotopic (exact) mass is 272 g/mol.